The molecule has 1 aliphatic heterocycles. The molecule has 0 bridgehead atoms. The van der Waals surface area contributed by atoms with Gasteiger partial charge >= 0.3 is 0 Å². The number of rotatable bonds is 24. The third-order valence-corrected chi connectivity index (χ3v) is 29.0. The summed E-state index contributed by atoms with van der Waals surface area (Å²) in [6.45, 7) is 20.3. The van der Waals surface area contributed by atoms with Crippen molar-refractivity contribution >= 4 is 117 Å². The van der Waals surface area contributed by atoms with E-state index in [1.54, 1.807) is 236 Å². The zero-order valence-electron chi connectivity index (χ0n) is 78.2. The number of sulfonamides is 6. The topological polar surface area (TPSA) is 480 Å². The van der Waals surface area contributed by atoms with E-state index in [1.807, 2.05) is 66.7 Å². The van der Waals surface area contributed by atoms with Crippen molar-refractivity contribution < 1.29 is 68.8 Å². The molecular formula is C96H90Cl2F2N24O14S6. The zero-order chi connectivity index (χ0) is 103. The number of fused-ring (bicyclic) bond motifs is 1. The lowest BCUT2D eigenvalue weighted by Crippen LogP contribution is -2.17. The number of benzene rings is 6. The number of anilines is 6. The summed E-state index contributed by atoms with van der Waals surface area (Å²) in [5, 5.41) is 0.189. The predicted octanol–water partition coefficient (Wildman–Crippen LogP) is 17.1. The van der Waals surface area contributed by atoms with E-state index in [9.17, 15) is 59.3 Å². The summed E-state index contributed by atoms with van der Waals surface area (Å²) in [6.07, 6.45) is 20.6. The molecule has 18 aromatic rings. The van der Waals surface area contributed by atoms with Crippen molar-refractivity contribution in [3.63, 3.8) is 0 Å². The SMILES string of the molecule is Cc1cc(C)cc(NS(=O)(=O)c2cccn2-c2ccnc(C)n2)c1.Cc1cc(C)cc(NS(=O)(=O)c2cccn2-c2nccc(C)n2)c1.Cc1cc(C)cc(NS(=O)(=O)c2cccn2-c2ncccn2)c1.Cc1nccc(-n2cccc2S(=O)(=O)Nc2ccc(F)c(C)c2)n1.Cc1nccc(-n2cccc2S(=O)(=O)Nc2ccc(F)c(Cl)c2)n1.O=S(=O)(Nc1ccc2c(c1)OCO2)c1cccn1-c1ccnc(Cl)n1. The second-order valence-electron chi connectivity index (χ2n) is 31.8. The third-order valence-electron chi connectivity index (χ3n) is 20.2. The monoisotopic (exact) mass is 2100 g/mol. The molecule has 6 aromatic carbocycles. The van der Waals surface area contributed by atoms with Gasteiger partial charge < -0.3 is 9.47 Å². The lowest BCUT2D eigenvalue weighted by Gasteiger charge is -2.12. The Hall–Kier alpha value is -16.0. The Labute approximate surface area is 838 Å². The van der Waals surface area contributed by atoms with Gasteiger partial charge in [-0.3, -0.25) is 55.7 Å². The van der Waals surface area contributed by atoms with Gasteiger partial charge in [0.25, 0.3) is 60.1 Å². The fraction of sp³-hybridized carbons (Fsp3) is 0.125. The highest BCUT2D eigenvalue weighted by Crippen LogP contribution is 2.36. The molecule has 0 amide bonds. The number of halogens is 4. The Morgan fingerprint density at radius 3 is 0.944 bits per heavy atom. The van der Waals surface area contributed by atoms with Crippen LogP contribution in [-0.2, 0) is 60.1 Å². The first-order chi connectivity index (χ1) is 68.4. The van der Waals surface area contributed by atoms with Crippen LogP contribution in [-0.4, -0.2) is 145 Å². The minimum Gasteiger partial charge on any atom is -0.454 e. The number of hydrogen-bond acceptors (Lipinski definition) is 26. The number of aromatic nitrogens is 18. The van der Waals surface area contributed by atoms with Gasteiger partial charge in [0.05, 0.1) is 16.4 Å². The first-order valence-corrected chi connectivity index (χ1v) is 52.6. The van der Waals surface area contributed by atoms with Crippen LogP contribution in [0.4, 0.5) is 42.9 Å². The van der Waals surface area contributed by atoms with Crippen molar-refractivity contribution in [3.05, 3.63) is 383 Å². The van der Waals surface area contributed by atoms with E-state index in [1.165, 1.54) is 94.3 Å². The minimum atomic E-state index is -3.92. The van der Waals surface area contributed by atoms with Crippen LogP contribution in [0.2, 0.25) is 10.3 Å². The molecule has 144 heavy (non-hydrogen) atoms. The fourth-order valence-electron chi connectivity index (χ4n) is 14.3. The summed E-state index contributed by atoms with van der Waals surface area (Å²) in [5.41, 5.74) is 9.49. The molecule has 0 aliphatic carbocycles. The minimum absolute atomic E-state index is 0.0129. The maximum absolute atomic E-state index is 13.3. The largest absolute Gasteiger partial charge is 0.454 e. The van der Waals surface area contributed by atoms with Crippen molar-refractivity contribution in [3.8, 4) is 46.7 Å². The number of nitrogens with one attached hydrogen (secondary N) is 6. The molecule has 742 valence electrons. The van der Waals surface area contributed by atoms with Gasteiger partial charge in [0, 0.05) is 115 Å². The molecule has 0 unspecified atom stereocenters. The Balaban J connectivity index is 0.000000137. The molecule has 0 fully saturated rings. The van der Waals surface area contributed by atoms with Crippen molar-refractivity contribution in [2.45, 2.75) is 106 Å². The quantitative estimate of drug-likeness (QED) is 0.0306. The Bertz CT molecular complexity index is 8130. The second kappa shape index (κ2) is 44.5. The van der Waals surface area contributed by atoms with E-state index < -0.39 is 71.8 Å². The van der Waals surface area contributed by atoms with Gasteiger partial charge in [-0.2, -0.15) is 55.5 Å². The van der Waals surface area contributed by atoms with Gasteiger partial charge in [0.1, 0.15) is 52.4 Å². The summed E-state index contributed by atoms with van der Waals surface area (Å²) in [5.74, 6) is 4.01. The van der Waals surface area contributed by atoms with Crippen LogP contribution in [0.25, 0.3) is 35.2 Å². The second-order valence-corrected chi connectivity index (χ2v) is 42.4. The van der Waals surface area contributed by atoms with E-state index in [0.717, 1.165) is 45.1 Å². The standard InChI is InChI=1S/2C17H18N4O2S.C16H15FN4O2S.C16H16N4O2S.C15H12ClFN4O2S.C15H11ClN4O4S/c1-12-9-13(2)11-15(10-12)20-24(22,23)17-5-4-8-21(17)16-6-7-18-14(3)19-16;1-12-9-13(2)11-15(10-12)20-24(22,23)16-5-4-8-21(16)17-18-7-6-14(3)19-17;1-11-10-13(5-6-14(11)17)20-24(22,23)16-4-3-9-21(16)15-7-8-18-12(2)19-15;1-12-9-13(2)11-14(10-12)19-23(21,22)15-5-3-8-20(15)16-17-6-4-7-18-16;1-10-18-7-6-14(19-10)21-8-2-3-15(21)24(22,23)20-11-4-5-13(17)12(16)9-11;16-15-17-6-5-13(18-15)20-7-1-2-14(20)25(21,22)19-10-3-4-11-12(8-10)24-9-23-11/h2*4-11,20H,1-3H3;3-10,20H,1-2H3;3-11,19H,1-2H3;2-9,20H,1H3;1-8,19H,9H2. The Morgan fingerprint density at radius 2 is 0.583 bits per heavy atom. The lowest BCUT2D eigenvalue weighted by atomic mass is 10.1. The molecule has 13 heterocycles. The number of aryl methyl sites for hydroxylation is 11. The van der Waals surface area contributed by atoms with Gasteiger partial charge in [0.15, 0.2) is 41.7 Å². The fourth-order valence-corrected chi connectivity index (χ4v) is 21.9. The summed E-state index contributed by atoms with van der Waals surface area (Å²) < 4.78 is 214. The van der Waals surface area contributed by atoms with Crippen molar-refractivity contribution in [2.24, 2.45) is 0 Å². The number of ether oxygens (including phenoxy) is 2. The average Bonchev–Trinajstić information content (AvgIpc) is 1.64. The molecule has 0 saturated heterocycles. The normalized spacial score (nSPS) is 11.7. The van der Waals surface area contributed by atoms with Gasteiger partial charge in [-0.05, 0) is 321 Å². The van der Waals surface area contributed by atoms with E-state index in [-0.39, 0.29) is 52.9 Å². The maximum atomic E-state index is 13.3. The van der Waals surface area contributed by atoms with E-state index in [2.05, 4.69) is 88.1 Å². The molecule has 0 atom stereocenters. The lowest BCUT2D eigenvalue weighted by molar-refractivity contribution is 0.174. The Kier molecular flexibility index (Phi) is 32.1. The summed E-state index contributed by atoms with van der Waals surface area (Å²) >= 11 is 11.5. The molecule has 6 N–H and O–H groups in total. The van der Waals surface area contributed by atoms with Gasteiger partial charge in [0.2, 0.25) is 24.0 Å². The summed E-state index contributed by atoms with van der Waals surface area (Å²) in [7, 11) is -22.9. The molecule has 0 radical (unpaired) electrons. The van der Waals surface area contributed by atoms with Gasteiger partial charge in [-0.25, -0.2) is 63.6 Å². The third kappa shape index (κ3) is 26.4. The van der Waals surface area contributed by atoms with Crippen LogP contribution in [0.15, 0.2) is 329 Å². The first-order valence-electron chi connectivity index (χ1n) is 43.0. The van der Waals surface area contributed by atoms with Crippen LogP contribution < -0.4 is 37.8 Å². The molecule has 1 aliphatic rings. The Morgan fingerprint density at radius 1 is 0.278 bits per heavy atom. The molecule has 12 aromatic heterocycles. The molecule has 38 nitrogen and oxygen atoms in total. The van der Waals surface area contributed by atoms with Gasteiger partial charge in [-0.1, -0.05) is 29.8 Å². The van der Waals surface area contributed by atoms with Crippen LogP contribution in [0, 0.1) is 87.8 Å². The van der Waals surface area contributed by atoms with E-state index in [4.69, 9.17) is 32.7 Å². The molecular weight excluding hydrogens is 2010 g/mol. The first kappa shape index (κ1) is 104. The van der Waals surface area contributed by atoms with E-state index in [0.29, 0.717) is 98.1 Å². The number of hydrogen-bond donors (Lipinski definition) is 6. The highest BCUT2D eigenvalue weighted by Gasteiger charge is 2.29. The zero-order valence-corrected chi connectivity index (χ0v) is 84.6. The van der Waals surface area contributed by atoms with E-state index >= 15 is 0 Å². The average molecular weight is 2110 g/mol. The van der Waals surface area contributed by atoms with Crippen LogP contribution in [0.5, 0.6) is 11.5 Å². The van der Waals surface area contributed by atoms with Crippen LogP contribution in [0.3, 0.4) is 0 Å². The number of nitrogens with zero attached hydrogens (tertiary/aromatic N) is 18. The smallest absolute Gasteiger partial charge is 0.278 e. The molecule has 19 rings (SSSR count). The summed E-state index contributed by atoms with van der Waals surface area (Å²) in [4.78, 5) is 49.2. The molecule has 48 heteroatoms. The predicted molar refractivity (Wildman–Crippen MR) is 540 cm³/mol. The van der Waals surface area contributed by atoms with Crippen molar-refractivity contribution in [1.82, 2.24) is 87.2 Å². The maximum Gasteiger partial charge on any atom is 0.278 e. The van der Waals surface area contributed by atoms with Gasteiger partial charge in [-0.15, -0.1) is 0 Å². The van der Waals surface area contributed by atoms with Crippen molar-refractivity contribution in [1.29, 1.82) is 0 Å². The molecule has 0 spiro atoms. The summed E-state index contributed by atoms with van der Waals surface area (Å²) in [6, 6.07) is 57.8. The highest BCUT2D eigenvalue weighted by molar-refractivity contribution is 7.94. The van der Waals surface area contributed by atoms with Crippen LogP contribution >= 0.6 is 23.2 Å². The van der Waals surface area contributed by atoms with Crippen LogP contribution in [0.1, 0.15) is 62.1 Å². The molecule has 0 saturated carbocycles. The van der Waals surface area contributed by atoms with Crippen molar-refractivity contribution in [2.75, 3.05) is 35.1 Å². The highest BCUT2D eigenvalue weighted by atomic mass is 35.5.